The number of aryl methyl sites for hydroxylation is 1. The highest BCUT2D eigenvalue weighted by Gasteiger charge is 2.26. The second-order valence-corrected chi connectivity index (χ2v) is 6.29. The summed E-state index contributed by atoms with van der Waals surface area (Å²) in [6.07, 6.45) is 3.11. The van der Waals surface area contributed by atoms with E-state index in [1.54, 1.807) is 12.1 Å². The Balaban J connectivity index is 2.17. The van der Waals surface area contributed by atoms with Gasteiger partial charge in [0.15, 0.2) is 0 Å². The summed E-state index contributed by atoms with van der Waals surface area (Å²) in [5, 5.41) is 7.79. The van der Waals surface area contributed by atoms with Crippen molar-refractivity contribution >= 4 is 33.3 Å². The van der Waals surface area contributed by atoms with Crippen LogP contribution >= 0.6 is 0 Å². The van der Waals surface area contributed by atoms with E-state index < -0.39 is 10.0 Å². The van der Waals surface area contributed by atoms with Crippen LogP contribution < -0.4 is 10.5 Å². The predicted octanol–water partition coefficient (Wildman–Crippen LogP) is 1.73. The van der Waals surface area contributed by atoms with Crippen LogP contribution in [0.15, 0.2) is 39.8 Å². The van der Waals surface area contributed by atoms with Crippen molar-refractivity contribution in [1.29, 1.82) is 0 Å². The first-order valence-electron chi connectivity index (χ1n) is 6.10. The number of primary sulfonamides is 1. The Labute approximate surface area is 121 Å². The fourth-order valence-electron chi connectivity index (χ4n) is 2.15. The SMILES string of the molecule is Cc1ccoc1/C=C1\C(=O)Nc2ccc(S(N)(=O)=O)cc21. The van der Waals surface area contributed by atoms with E-state index in [9.17, 15) is 13.2 Å². The highest BCUT2D eigenvalue weighted by molar-refractivity contribution is 7.89. The Hall–Kier alpha value is -2.38. The zero-order chi connectivity index (χ0) is 15.2. The van der Waals surface area contributed by atoms with Crippen molar-refractivity contribution < 1.29 is 17.6 Å². The van der Waals surface area contributed by atoms with Crippen molar-refractivity contribution in [3.63, 3.8) is 0 Å². The first kappa shape index (κ1) is 13.6. The van der Waals surface area contributed by atoms with Gasteiger partial charge in [-0.25, -0.2) is 13.6 Å². The van der Waals surface area contributed by atoms with Gasteiger partial charge in [0.1, 0.15) is 5.76 Å². The molecule has 0 bridgehead atoms. The van der Waals surface area contributed by atoms with Crippen molar-refractivity contribution in [2.45, 2.75) is 11.8 Å². The number of fused-ring (bicyclic) bond motifs is 1. The normalized spacial score (nSPS) is 16.1. The molecule has 0 saturated heterocycles. The second-order valence-electron chi connectivity index (χ2n) is 4.73. The summed E-state index contributed by atoms with van der Waals surface area (Å²) in [6, 6.07) is 6.03. The molecule has 3 N–H and O–H groups in total. The lowest BCUT2D eigenvalue weighted by Gasteiger charge is -2.02. The average Bonchev–Trinajstić information content (AvgIpc) is 2.93. The van der Waals surface area contributed by atoms with Gasteiger partial charge in [-0.3, -0.25) is 4.79 Å². The van der Waals surface area contributed by atoms with Crippen LogP contribution in [0.4, 0.5) is 5.69 Å². The first-order valence-corrected chi connectivity index (χ1v) is 7.65. The number of hydrogen-bond acceptors (Lipinski definition) is 4. The van der Waals surface area contributed by atoms with Crippen molar-refractivity contribution in [3.8, 4) is 0 Å². The molecule has 0 spiro atoms. The van der Waals surface area contributed by atoms with Crippen molar-refractivity contribution in [2.24, 2.45) is 5.14 Å². The molecule has 0 atom stereocenters. The van der Waals surface area contributed by atoms with E-state index in [1.165, 1.54) is 24.5 Å². The van der Waals surface area contributed by atoms with Gasteiger partial charge in [0.05, 0.1) is 16.7 Å². The fraction of sp³-hybridized carbons (Fsp3) is 0.0714. The molecule has 0 unspecified atom stereocenters. The molecular weight excluding hydrogens is 292 g/mol. The number of hydrogen-bond donors (Lipinski definition) is 2. The molecule has 0 fully saturated rings. The van der Waals surface area contributed by atoms with E-state index in [-0.39, 0.29) is 10.8 Å². The molecule has 2 aromatic rings. The molecule has 1 aliphatic rings. The van der Waals surface area contributed by atoms with Crippen LogP contribution in [0.3, 0.4) is 0 Å². The molecule has 2 heterocycles. The van der Waals surface area contributed by atoms with Gasteiger partial charge in [0, 0.05) is 11.3 Å². The molecular formula is C14H12N2O4S. The van der Waals surface area contributed by atoms with E-state index >= 15 is 0 Å². The number of nitrogens with two attached hydrogens (primary N) is 1. The molecule has 21 heavy (non-hydrogen) atoms. The Morgan fingerprint density at radius 2 is 2.05 bits per heavy atom. The van der Waals surface area contributed by atoms with E-state index in [0.717, 1.165) is 5.56 Å². The van der Waals surface area contributed by atoms with E-state index in [4.69, 9.17) is 9.56 Å². The second kappa shape index (κ2) is 4.57. The number of carbonyl (C=O) groups excluding carboxylic acids is 1. The molecule has 0 radical (unpaired) electrons. The van der Waals surface area contributed by atoms with Crippen molar-refractivity contribution in [1.82, 2.24) is 0 Å². The van der Waals surface area contributed by atoms with E-state index in [0.29, 0.717) is 22.6 Å². The van der Waals surface area contributed by atoms with Crippen LogP contribution in [-0.4, -0.2) is 14.3 Å². The summed E-state index contributed by atoms with van der Waals surface area (Å²) in [4.78, 5) is 12.0. The number of carbonyl (C=O) groups is 1. The Bertz CT molecular complexity index is 878. The number of nitrogens with one attached hydrogen (secondary N) is 1. The van der Waals surface area contributed by atoms with Gasteiger partial charge in [-0.15, -0.1) is 0 Å². The lowest BCUT2D eigenvalue weighted by Crippen LogP contribution is -2.12. The minimum absolute atomic E-state index is 0.0418. The van der Waals surface area contributed by atoms with Crippen LogP contribution in [0.5, 0.6) is 0 Å². The largest absolute Gasteiger partial charge is 0.465 e. The number of benzene rings is 1. The average molecular weight is 304 g/mol. The third-order valence-corrected chi connectivity index (χ3v) is 4.19. The Kier molecular flexibility index (Phi) is 2.96. The molecule has 6 nitrogen and oxygen atoms in total. The highest BCUT2D eigenvalue weighted by Crippen LogP contribution is 2.35. The summed E-state index contributed by atoms with van der Waals surface area (Å²) in [6.45, 7) is 1.85. The summed E-state index contributed by atoms with van der Waals surface area (Å²) in [7, 11) is -3.83. The molecule has 7 heteroatoms. The van der Waals surface area contributed by atoms with Crippen LogP contribution in [0.1, 0.15) is 16.9 Å². The van der Waals surface area contributed by atoms with E-state index in [2.05, 4.69) is 5.32 Å². The molecule has 1 aromatic heterocycles. The lowest BCUT2D eigenvalue weighted by molar-refractivity contribution is -0.110. The number of furan rings is 1. The van der Waals surface area contributed by atoms with Crippen LogP contribution in [0, 0.1) is 6.92 Å². The van der Waals surface area contributed by atoms with Gasteiger partial charge in [-0.1, -0.05) is 0 Å². The maximum absolute atomic E-state index is 12.0. The van der Waals surface area contributed by atoms with Crippen LogP contribution in [0.2, 0.25) is 0 Å². The lowest BCUT2D eigenvalue weighted by atomic mass is 10.1. The zero-order valence-electron chi connectivity index (χ0n) is 11.1. The number of anilines is 1. The summed E-state index contributed by atoms with van der Waals surface area (Å²) < 4.78 is 28.1. The summed E-state index contributed by atoms with van der Waals surface area (Å²) in [5.74, 6) is 0.237. The van der Waals surface area contributed by atoms with Crippen molar-refractivity contribution in [3.05, 3.63) is 47.4 Å². The number of sulfonamides is 1. The van der Waals surface area contributed by atoms with Gasteiger partial charge in [0.25, 0.3) is 5.91 Å². The van der Waals surface area contributed by atoms with Crippen LogP contribution in [0.25, 0.3) is 11.6 Å². The first-order chi connectivity index (χ1) is 9.86. The van der Waals surface area contributed by atoms with E-state index in [1.807, 2.05) is 6.92 Å². The topological polar surface area (TPSA) is 102 Å². The zero-order valence-corrected chi connectivity index (χ0v) is 11.9. The monoisotopic (exact) mass is 304 g/mol. The highest BCUT2D eigenvalue weighted by atomic mass is 32.2. The molecule has 108 valence electrons. The summed E-state index contributed by atoms with van der Waals surface area (Å²) in [5.41, 5.74) is 2.25. The van der Waals surface area contributed by atoms with Gasteiger partial charge >= 0.3 is 0 Å². The van der Waals surface area contributed by atoms with Crippen LogP contribution in [-0.2, 0) is 14.8 Å². The summed E-state index contributed by atoms with van der Waals surface area (Å²) >= 11 is 0. The smallest absolute Gasteiger partial charge is 0.256 e. The fourth-order valence-corrected chi connectivity index (χ4v) is 2.69. The van der Waals surface area contributed by atoms with Gasteiger partial charge in [-0.2, -0.15) is 0 Å². The molecule has 1 amide bonds. The number of amides is 1. The standard InChI is InChI=1S/C14H12N2O4S/c1-8-4-5-20-13(8)7-11-10-6-9(21(15,18)19)2-3-12(10)16-14(11)17/h2-7H,1H3,(H,16,17)(H2,15,18,19)/b11-7-. The molecule has 1 aliphatic heterocycles. The quantitative estimate of drug-likeness (QED) is 0.825. The Morgan fingerprint density at radius 3 is 2.67 bits per heavy atom. The molecule has 0 saturated carbocycles. The van der Waals surface area contributed by atoms with Gasteiger partial charge in [-0.05, 0) is 42.8 Å². The molecule has 3 rings (SSSR count). The number of rotatable bonds is 2. The predicted molar refractivity (Wildman–Crippen MR) is 77.8 cm³/mol. The van der Waals surface area contributed by atoms with Gasteiger partial charge < -0.3 is 9.73 Å². The molecule has 1 aromatic carbocycles. The molecule has 0 aliphatic carbocycles. The third-order valence-electron chi connectivity index (χ3n) is 3.28. The van der Waals surface area contributed by atoms with Gasteiger partial charge in [0.2, 0.25) is 10.0 Å². The Morgan fingerprint density at radius 1 is 1.29 bits per heavy atom. The minimum Gasteiger partial charge on any atom is -0.465 e. The maximum atomic E-state index is 12.0. The van der Waals surface area contributed by atoms with Crippen molar-refractivity contribution in [2.75, 3.05) is 5.32 Å². The maximum Gasteiger partial charge on any atom is 0.256 e. The third kappa shape index (κ3) is 2.37. The minimum atomic E-state index is -3.83.